The molecule has 5 nitrogen and oxygen atoms in total. The molecule has 1 aromatic carbocycles. The molecule has 1 aromatic heterocycles. The van der Waals surface area contributed by atoms with E-state index in [1.807, 2.05) is 22.8 Å². The highest BCUT2D eigenvalue weighted by Gasteiger charge is 2.28. The van der Waals surface area contributed by atoms with Crippen molar-refractivity contribution in [1.29, 1.82) is 0 Å². The summed E-state index contributed by atoms with van der Waals surface area (Å²) in [7, 11) is 1.57. The zero-order valence-electron chi connectivity index (χ0n) is 13.4. The molecule has 134 valence electrons. The lowest BCUT2D eigenvalue weighted by Crippen LogP contribution is -2.40. The fourth-order valence-electron chi connectivity index (χ4n) is 2.67. The number of halogens is 3. The van der Waals surface area contributed by atoms with E-state index in [2.05, 4.69) is 20.9 Å². The van der Waals surface area contributed by atoms with Gasteiger partial charge in [0.05, 0.1) is 12.1 Å². The van der Waals surface area contributed by atoms with Crippen molar-refractivity contribution in [2.45, 2.75) is 19.0 Å². The van der Waals surface area contributed by atoms with Gasteiger partial charge in [-0.1, -0.05) is 27.7 Å². The van der Waals surface area contributed by atoms with Gasteiger partial charge in [0.1, 0.15) is 30.0 Å². The number of carbonyl (C=O) groups excluding carboxylic acids is 1. The second-order valence-electron chi connectivity index (χ2n) is 5.55. The summed E-state index contributed by atoms with van der Waals surface area (Å²) < 4.78 is 35.3. The number of ether oxygens (including phenoxy) is 1. The van der Waals surface area contributed by atoms with Crippen LogP contribution in [0.5, 0.6) is 5.75 Å². The van der Waals surface area contributed by atoms with Gasteiger partial charge in [-0.2, -0.15) is 0 Å². The molecular weight excluding hydrogens is 416 g/mol. The molecule has 9 heteroatoms. The monoisotopic (exact) mass is 431 g/mol. The zero-order chi connectivity index (χ0) is 18.0. The largest absolute Gasteiger partial charge is 0.491 e. The third kappa shape index (κ3) is 3.82. The number of fused-ring (bicyclic) bond motifs is 3. The predicted octanol–water partition coefficient (Wildman–Crippen LogP) is 3.70. The molecule has 0 spiro atoms. The van der Waals surface area contributed by atoms with Gasteiger partial charge in [0.25, 0.3) is 6.43 Å². The van der Waals surface area contributed by atoms with Crippen molar-refractivity contribution in [3.05, 3.63) is 28.9 Å². The molecule has 1 atom stereocenters. The highest BCUT2D eigenvalue weighted by Crippen LogP contribution is 2.35. The van der Waals surface area contributed by atoms with Crippen molar-refractivity contribution >= 4 is 39.1 Å². The summed E-state index contributed by atoms with van der Waals surface area (Å²) in [4.78, 5) is 16.5. The van der Waals surface area contributed by atoms with Crippen LogP contribution in [0.3, 0.4) is 0 Å². The Morgan fingerprint density at radius 3 is 3.04 bits per heavy atom. The normalized spacial score (nSPS) is 14.3. The highest BCUT2D eigenvalue weighted by molar-refractivity contribution is 9.10. The Balaban J connectivity index is 1.95. The second-order valence-corrected chi connectivity index (χ2v) is 7.32. The number of hydrogen-bond donors (Lipinski definition) is 0. The van der Waals surface area contributed by atoms with E-state index >= 15 is 0 Å². The maximum atomic E-state index is 13.4. The summed E-state index contributed by atoms with van der Waals surface area (Å²) >= 11 is 4.25. The van der Waals surface area contributed by atoms with Gasteiger partial charge in [0.2, 0.25) is 0 Å². The van der Waals surface area contributed by atoms with Gasteiger partial charge < -0.3 is 14.2 Å². The summed E-state index contributed by atoms with van der Waals surface area (Å²) in [5.41, 5.74) is 1.40. The molecule has 0 aliphatic carbocycles. The molecule has 3 rings (SSSR count). The number of thioether (sulfide) groups is 1. The Morgan fingerprint density at radius 1 is 1.52 bits per heavy atom. The van der Waals surface area contributed by atoms with E-state index in [4.69, 9.17) is 4.74 Å². The molecular formula is C16H16BrF2N3O2S. The average molecular weight is 432 g/mol. The van der Waals surface area contributed by atoms with Crippen LogP contribution in [-0.2, 0) is 11.3 Å². The van der Waals surface area contributed by atoms with Crippen LogP contribution in [0.4, 0.5) is 14.6 Å². The van der Waals surface area contributed by atoms with Gasteiger partial charge in [-0.15, -0.1) is 0 Å². The summed E-state index contributed by atoms with van der Waals surface area (Å²) in [5.74, 6) is 1.84. The summed E-state index contributed by atoms with van der Waals surface area (Å²) in [6.45, 7) is 1.04. The Labute approximate surface area is 156 Å². The van der Waals surface area contributed by atoms with Gasteiger partial charge in [0, 0.05) is 23.5 Å². The number of carbonyl (C=O) groups is 1. The van der Waals surface area contributed by atoms with E-state index in [0.29, 0.717) is 36.2 Å². The van der Waals surface area contributed by atoms with Crippen LogP contribution in [0.25, 0.3) is 11.4 Å². The lowest BCUT2D eigenvalue weighted by atomic mass is 10.2. The fraction of sp³-hybridized carbons (Fsp3) is 0.375. The molecule has 1 aliphatic heterocycles. The first-order valence-electron chi connectivity index (χ1n) is 7.57. The molecule has 0 radical (unpaired) electrons. The van der Waals surface area contributed by atoms with Crippen molar-refractivity contribution in [3.8, 4) is 17.1 Å². The highest BCUT2D eigenvalue weighted by atomic mass is 79.9. The van der Waals surface area contributed by atoms with Crippen LogP contribution < -0.4 is 9.64 Å². The number of imidazole rings is 1. The van der Waals surface area contributed by atoms with E-state index in [0.717, 1.165) is 21.8 Å². The molecule has 0 bridgehead atoms. The molecule has 0 saturated heterocycles. The third-order valence-electron chi connectivity index (χ3n) is 4.02. The first-order valence-corrected chi connectivity index (χ1v) is 9.41. The van der Waals surface area contributed by atoms with Crippen LogP contribution in [0.1, 0.15) is 0 Å². The minimum atomic E-state index is -2.58. The maximum absolute atomic E-state index is 13.4. The second kappa shape index (κ2) is 7.74. The Morgan fingerprint density at radius 2 is 2.32 bits per heavy atom. The number of rotatable bonds is 6. The van der Waals surface area contributed by atoms with Crippen molar-refractivity contribution < 1.29 is 18.3 Å². The Kier molecular flexibility index (Phi) is 5.63. The number of nitrogens with zero attached hydrogens (tertiary/aromatic N) is 3. The van der Waals surface area contributed by atoms with Gasteiger partial charge in [-0.25, -0.2) is 13.8 Å². The van der Waals surface area contributed by atoms with Crippen molar-refractivity contribution in [1.82, 2.24) is 9.55 Å². The predicted molar refractivity (Wildman–Crippen MR) is 98.3 cm³/mol. The Bertz CT molecular complexity index is 772. The third-order valence-corrected chi connectivity index (χ3v) is 5.19. The van der Waals surface area contributed by atoms with Crippen molar-refractivity contribution in [2.75, 3.05) is 24.3 Å². The summed E-state index contributed by atoms with van der Waals surface area (Å²) in [6, 6.07) is 4.56. The van der Waals surface area contributed by atoms with E-state index in [1.54, 1.807) is 13.2 Å². The smallest absolute Gasteiger partial charge is 0.259 e. The van der Waals surface area contributed by atoms with Gasteiger partial charge >= 0.3 is 0 Å². The van der Waals surface area contributed by atoms with Crippen LogP contribution in [0.2, 0.25) is 0 Å². The average Bonchev–Trinajstić information content (AvgIpc) is 2.92. The molecule has 2 heterocycles. The number of alkyl halides is 2. The molecule has 1 unspecified atom stereocenters. The lowest BCUT2D eigenvalue weighted by molar-refractivity contribution is 0.122. The van der Waals surface area contributed by atoms with Crippen molar-refractivity contribution in [2.24, 2.45) is 0 Å². The first-order chi connectivity index (χ1) is 12.0. The van der Waals surface area contributed by atoms with Crippen LogP contribution in [0.15, 0.2) is 28.9 Å². The SMILES string of the molecule is CN(c1cn2c(n1)-c1ccc(Br)cc1OCC2)C(CSC=O)C(F)F. The van der Waals surface area contributed by atoms with E-state index < -0.39 is 12.5 Å². The van der Waals surface area contributed by atoms with Crippen LogP contribution >= 0.6 is 27.7 Å². The van der Waals surface area contributed by atoms with E-state index in [9.17, 15) is 13.6 Å². The van der Waals surface area contributed by atoms with E-state index in [1.165, 1.54) is 4.90 Å². The topological polar surface area (TPSA) is 47.4 Å². The van der Waals surface area contributed by atoms with E-state index in [-0.39, 0.29) is 5.75 Å². The van der Waals surface area contributed by atoms with Gasteiger partial charge in [0.15, 0.2) is 5.62 Å². The van der Waals surface area contributed by atoms with Crippen LogP contribution in [-0.4, -0.2) is 47.0 Å². The molecule has 1 aliphatic rings. The molecule has 0 amide bonds. The molecule has 25 heavy (non-hydrogen) atoms. The first kappa shape index (κ1) is 18.2. The summed E-state index contributed by atoms with van der Waals surface area (Å²) in [6.07, 6.45) is -0.831. The number of hydrogen-bond acceptors (Lipinski definition) is 5. The maximum Gasteiger partial charge on any atom is 0.259 e. The molecule has 2 aromatic rings. The molecule has 0 N–H and O–H groups in total. The van der Waals surface area contributed by atoms with Gasteiger partial charge in [-0.05, 0) is 18.2 Å². The molecule has 0 fully saturated rings. The Hall–Kier alpha value is -1.61. The zero-order valence-corrected chi connectivity index (χ0v) is 15.8. The number of anilines is 1. The number of benzene rings is 1. The summed E-state index contributed by atoms with van der Waals surface area (Å²) in [5, 5.41) is 0. The van der Waals surface area contributed by atoms with Gasteiger partial charge in [-0.3, -0.25) is 4.79 Å². The fourth-order valence-corrected chi connectivity index (χ4v) is 3.66. The van der Waals surface area contributed by atoms with Crippen molar-refractivity contribution in [3.63, 3.8) is 0 Å². The standard InChI is InChI=1S/C16H16BrF2N3O2S/c1-21(12(15(18)19)8-25-9-23)14-7-22-4-5-24-13-6-10(17)2-3-11(13)16(22)20-14/h2-3,6-7,9,12,15H,4-5,8H2,1H3. The quantitative estimate of drug-likeness (QED) is 0.652. The van der Waals surface area contributed by atoms with Crippen LogP contribution in [0, 0.1) is 0 Å². The lowest BCUT2D eigenvalue weighted by Gasteiger charge is -2.26. The number of aromatic nitrogens is 2. The minimum absolute atomic E-state index is 0.00645. The minimum Gasteiger partial charge on any atom is -0.491 e. The molecule has 0 saturated carbocycles.